The lowest BCUT2D eigenvalue weighted by molar-refractivity contribution is 0.618. The third-order valence-electron chi connectivity index (χ3n) is 5.91. The van der Waals surface area contributed by atoms with Crippen LogP contribution in [-0.4, -0.2) is 31.7 Å². The highest BCUT2D eigenvalue weighted by Crippen LogP contribution is 2.30. The lowest BCUT2D eigenvalue weighted by Gasteiger charge is -2.16. The van der Waals surface area contributed by atoms with Gasteiger partial charge in [-0.25, -0.2) is 14.5 Å². The molecule has 2 N–H and O–H groups in total. The van der Waals surface area contributed by atoms with E-state index in [9.17, 15) is 0 Å². The van der Waals surface area contributed by atoms with E-state index in [1.54, 1.807) is 0 Å². The number of hydrogen-bond acceptors (Lipinski definition) is 5. The van der Waals surface area contributed by atoms with Crippen LogP contribution in [0.5, 0.6) is 0 Å². The summed E-state index contributed by atoms with van der Waals surface area (Å²) in [6.45, 7) is 6.47. The molecule has 3 heterocycles. The maximum Gasteiger partial charge on any atom is 0.223 e. The van der Waals surface area contributed by atoms with Crippen LogP contribution in [0.4, 0.5) is 11.8 Å². The molecule has 0 spiro atoms. The predicted molar refractivity (Wildman–Crippen MR) is 119 cm³/mol. The van der Waals surface area contributed by atoms with Crippen LogP contribution in [0.3, 0.4) is 0 Å². The maximum atomic E-state index is 4.84. The zero-order valence-corrected chi connectivity index (χ0v) is 17.8. The molecular weight excluding hydrogens is 360 g/mol. The second-order valence-corrected chi connectivity index (χ2v) is 8.10. The molecule has 4 rings (SSSR count). The maximum absolute atomic E-state index is 4.84. The summed E-state index contributed by atoms with van der Waals surface area (Å²) >= 11 is 0. The van der Waals surface area contributed by atoms with Gasteiger partial charge in [0.1, 0.15) is 5.82 Å². The molecule has 3 aromatic rings. The molecule has 1 aliphatic rings. The zero-order chi connectivity index (χ0) is 20.2. The van der Waals surface area contributed by atoms with Gasteiger partial charge in [-0.1, -0.05) is 39.2 Å². The number of pyridine rings is 1. The monoisotopic (exact) mass is 392 g/mol. The van der Waals surface area contributed by atoms with E-state index in [2.05, 4.69) is 54.6 Å². The molecule has 1 atom stereocenters. The average molecular weight is 393 g/mol. The Bertz CT molecular complexity index is 957. The van der Waals surface area contributed by atoms with Crippen LogP contribution in [0.25, 0.3) is 16.8 Å². The van der Waals surface area contributed by atoms with Gasteiger partial charge in [0.2, 0.25) is 5.95 Å². The lowest BCUT2D eigenvalue weighted by Crippen LogP contribution is -2.19. The molecule has 3 aromatic heterocycles. The van der Waals surface area contributed by atoms with Crippen molar-refractivity contribution in [1.82, 2.24) is 19.6 Å². The van der Waals surface area contributed by atoms with Crippen LogP contribution in [0.15, 0.2) is 30.5 Å². The van der Waals surface area contributed by atoms with Crippen molar-refractivity contribution in [1.29, 1.82) is 0 Å². The summed E-state index contributed by atoms with van der Waals surface area (Å²) < 4.78 is 2.03. The first-order valence-corrected chi connectivity index (χ1v) is 11.0. The van der Waals surface area contributed by atoms with Gasteiger partial charge in [0.15, 0.2) is 0 Å². The van der Waals surface area contributed by atoms with E-state index in [0.717, 1.165) is 47.5 Å². The van der Waals surface area contributed by atoms with Gasteiger partial charge in [0, 0.05) is 23.8 Å². The summed E-state index contributed by atoms with van der Waals surface area (Å²) in [7, 11) is 0. The molecule has 1 saturated carbocycles. The number of anilines is 2. The largest absolute Gasteiger partial charge is 0.367 e. The standard InChI is InChI=1S/C23H32N6/c1-4-9-17(5-2)26-23-24-15-14-19(27-23)22-16(3)28-29-20(22)12-8-13-21(29)25-18-10-6-7-11-18/h8,12-15,17-18,25H,4-7,9-11H2,1-3H3,(H,24,26,27). The number of aromatic nitrogens is 4. The number of nitrogens with one attached hydrogen (secondary N) is 2. The van der Waals surface area contributed by atoms with Crippen molar-refractivity contribution in [3.63, 3.8) is 0 Å². The predicted octanol–water partition coefficient (Wildman–Crippen LogP) is 5.44. The summed E-state index contributed by atoms with van der Waals surface area (Å²) in [6, 6.07) is 9.27. The number of fused-ring (bicyclic) bond motifs is 1. The van der Waals surface area contributed by atoms with Gasteiger partial charge in [0.25, 0.3) is 0 Å². The van der Waals surface area contributed by atoms with Crippen molar-refractivity contribution >= 4 is 17.3 Å². The summed E-state index contributed by atoms with van der Waals surface area (Å²) in [5.74, 6) is 1.76. The topological polar surface area (TPSA) is 67.1 Å². The molecule has 0 bridgehead atoms. The number of hydrogen-bond donors (Lipinski definition) is 2. The highest BCUT2D eigenvalue weighted by atomic mass is 15.3. The van der Waals surface area contributed by atoms with E-state index in [1.165, 1.54) is 25.7 Å². The Morgan fingerprint density at radius 1 is 1.17 bits per heavy atom. The second-order valence-electron chi connectivity index (χ2n) is 8.10. The van der Waals surface area contributed by atoms with Gasteiger partial charge >= 0.3 is 0 Å². The quantitative estimate of drug-likeness (QED) is 0.534. The normalized spacial score (nSPS) is 15.7. The van der Waals surface area contributed by atoms with Crippen molar-refractivity contribution in [3.05, 3.63) is 36.2 Å². The van der Waals surface area contributed by atoms with Crippen molar-refractivity contribution < 1.29 is 0 Å². The molecule has 29 heavy (non-hydrogen) atoms. The third kappa shape index (κ3) is 4.21. The first kappa shape index (κ1) is 19.7. The summed E-state index contributed by atoms with van der Waals surface area (Å²) in [5, 5.41) is 12.0. The molecule has 154 valence electrons. The zero-order valence-electron chi connectivity index (χ0n) is 17.8. The summed E-state index contributed by atoms with van der Waals surface area (Å²) in [6.07, 6.45) is 10.3. The minimum atomic E-state index is 0.405. The van der Waals surface area contributed by atoms with Crippen molar-refractivity contribution in [2.24, 2.45) is 0 Å². The number of nitrogens with zero attached hydrogens (tertiary/aromatic N) is 4. The summed E-state index contributed by atoms with van der Waals surface area (Å²) in [5.41, 5.74) is 4.06. The Hall–Kier alpha value is -2.63. The number of rotatable bonds is 8. The van der Waals surface area contributed by atoms with E-state index in [0.29, 0.717) is 18.0 Å². The fourth-order valence-electron chi connectivity index (χ4n) is 4.37. The van der Waals surface area contributed by atoms with Crippen LogP contribution in [0, 0.1) is 6.92 Å². The smallest absolute Gasteiger partial charge is 0.223 e. The van der Waals surface area contributed by atoms with E-state index in [1.807, 2.05) is 16.8 Å². The fraction of sp³-hybridized carbons (Fsp3) is 0.522. The van der Waals surface area contributed by atoms with Crippen LogP contribution >= 0.6 is 0 Å². The minimum Gasteiger partial charge on any atom is -0.367 e. The molecule has 1 unspecified atom stereocenters. The van der Waals surface area contributed by atoms with Gasteiger partial charge in [-0.3, -0.25) is 0 Å². The minimum absolute atomic E-state index is 0.405. The molecule has 0 saturated heterocycles. The molecule has 1 aliphatic carbocycles. The van der Waals surface area contributed by atoms with Gasteiger partial charge in [-0.2, -0.15) is 5.10 Å². The van der Waals surface area contributed by atoms with E-state index < -0.39 is 0 Å². The van der Waals surface area contributed by atoms with Crippen molar-refractivity contribution in [2.75, 3.05) is 10.6 Å². The molecular formula is C23H32N6. The molecule has 0 amide bonds. The van der Waals surface area contributed by atoms with Gasteiger partial charge in [-0.15, -0.1) is 0 Å². The fourth-order valence-corrected chi connectivity index (χ4v) is 4.37. The highest BCUT2D eigenvalue weighted by Gasteiger charge is 2.19. The van der Waals surface area contributed by atoms with Crippen LogP contribution in [0.1, 0.15) is 64.5 Å². The second kappa shape index (κ2) is 8.80. The number of aryl methyl sites for hydroxylation is 1. The van der Waals surface area contributed by atoms with E-state index >= 15 is 0 Å². The third-order valence-corrected chi connectivity index (χ3v) is 5.91. The van der Waals surface area contributed by atoms with Crippen molar-refractivity contribution in [2.45, 2.75) is 77.8 Å². The molecule has 6 nitrogen and oxygen atoms in total. The van der Waals surface area contributed by atoms with Gasteiger partial charge < -0.3 is 10.6 Å². The van der Waals surface area contributed by atoms with Gasteiger partial charge in [-0.05, 0) is 50.8 Å². The van der Waals surface area contributed by atoms with Gasteiger partial charge in [0.05, 0.1) is 16.9 Å². The molecule has 6 heteroatoms. The molecule has 0 aliphatic heterocycles. The molecule has 0 aromatic carbocycles. The average Bonchev–Trinajstić information content (AvgIpc) is 3.35. The van der Waals surface area contributed by atoms with E-state index in [4.69, 9.17) is 10.1 Å². The molecule has 0 radical (unpaired) electrons. The Morgan fingerprint density at radius 3 is 2.76 bits per heavy atom. The van der Waals surface area contributed by atoms with Crippen LogP contribution in [0.2, 0.25) is 0 Å². The van der Waals surface area contributed by atoms with Crippen molar-refractivity contribution in [3.8, 4) is 11.3 Å². The van der Waals surface area contributed by atoms with E-state index in [-0.39, 0.29) is 0 Å². The Labute approximate surface area is 173 Å². The first-order chi connectivity index (χ1) is 14.2. The summed E-state index contributed by atoms with van der Waals surface area (Å²) in [4.78, 5) is 9.29. The highest BCUT2D eigenvalue weighted by molar-refractivity contribution is 5.81. The Morgan fingerprint density at radius 2 is 2.00 bits per heavy atom. The van der Waals surface area contributed by atoms with Crippen LogP contribution in [-0.2, 0) is 0 Å². The Kier molecular flexibility index (Phi) is 5.97. The van der Waals surface area contributed by atoms with Crippen LogP contribution < -0.4 is 10.6 Å². The first-order valence-electron chi connectivity index (χ1n) is 11.0. The Balaban J connectivity index is 1.67. The lowest BCUT2D eigenvalue weighted by atomic mass is 10.1. The SMILES string of the molecule is CCCC(CC)Nc1nccc(-c2c(C)nn3c(NC4CCCC4)cccc23)n1. The molecule has 1 fully saturated rings.